The fourth-order valence-electron chi connectivity index (χ4n) is 3.30. The molecule has 1 amide bonds. The molecular formula is C16H26N2O2S. The molecule has 1 heterocycles. The Labute approximate surface area is 131 Å². The topological polar surface area (TPSA) is 68.3 Å². The number of carbonyl (C=O) groups excluding carboxylic acids is 1. The Hall–Kier alpha value is -0.940. The summed E-state index contributed by atoms with van der Waals surface area (Å²) in [5, 5.41) is 3.45. The average Bonchev–Trinajstić information content (AvgIpc) is 3.04. The van der Waals surface area contributed by atoms with Crippen molar-refractivity contribution < 1.29 is 9.21 Å². The van der Waals surface area contributed by atoms with Gasteiger partial charge in [0.15, 0.2) is 0 Å². The summed E-state index contributed by atoms with van der Waals surface area (Å²) in [4.78, 5) is 13.2. The normalized spacial score (nSPS) is 25.3. The van der Waals surface area contributed by atoms with Gasteiger partial charge in [0, 0.05) is 4.90 Å². The second-order valence-corrected chi connectivity index (χ2v) is 6.97. The Morgan fingerprint density at radius 1 is 1.62 bits per heavy atom. The van der Waals surface area contributed by atoms with E-state index in [9.17, 15) is 4.79 Å². The van der Waals surface area contributed by atoms with Gasteiger partial charge in [-0.2, -0.15) is 0 Å². The summed E-state index contributed by atoms with van der Waals surface area (Å²) in [5.41, 5.74) is 5.25. The third-order valence-corrected chi connectivity index (χ3v) is 5.66. The van der Waals surface area contributed by atoms with Gasteiger partial charge in [-0.1, -0.05) is 13.3 Å². The number of hydrogen-bond acceptors (Lipinski definition) is 4. The summed E-state index contributed by atoms with van der Waals surface area (Å²) >= 11 is 1.80. The maximum absolute atomic E-state index is 12.0. The molecule has 0 saturated heterocycles. The summed E-state index contributed by atoms with van der Waals surface area (Å²) in [6.07, 6.45) is 6.80. The van der Waals surface area contributed by atoms with Gasteiger partial charge < -0.3 is 15.5 Å². The molecule has 0 radical (unpaired) electrons. The van der Waals surface area contributed by atoms with E-state index in [1.54, 1.807) is 18.0 Å². The first-order chi connectivity index (χ1) is 10.1. The maximum atomic E-state index is 12.0. The van der Waals surface area contributed by atoms with E-state index in [-0.39, 0.29) is 5.91 Å². The van der Waals surface area contributed by atoms with Crippen LogP contribution in [0.2, 0.25) is 0 Å². The number of furan rings is 1. The highest BCUT2D eigenvalue weighted by Crippen LogP contribution is 2.39. The third-order valence-electron chi connectivity index (χ3n) is 4.49. The second-order valence-electron chi connectivity index (χ2n) is 5.83. The molecule has 5 heteroatoms. The van der Waals surface area contributed by atoms with Crippen LogP contribution in [-0.4, -0.2) is 23.7 Å². The molecular weight excluding hydrogens is 284 g/mol. The Morgan fingerprint density at radius 2 is 2.43 bits per heavy atom. The minimum Gasteiger partial charge on any atom is -0.468 e. The lowest BCUT2D eigenvalue weighted by Gasteiger charge is -2.33. The van der Waals surface area contributed by atoms with Gasteiger partial charge in [-0.3, -0.25) is 4.79 Å². The standard InChI is InChI=1S/C16H26N2O2S/c1-3-9-18-16(15(17)19)8-4-5-13(16)7-11-21-14-6-10-20-12(14)2/h6,10,13,18H,3-5,7-9,11H2,1-2H3,(H2,17,19). The summed E-state index contributed by atoms with van der Waals surface area (Å²) in [6.45, 7) is 4.95. The van der Waals surface area contributed by atoms with E-state index in [4.69, 9.17) is 10.2 Å². The molecule has 2 atom stereocenters. The molecule has 21 heavy (non-hydrogen) atoms. The molecule has 2 unspecified atom stereocenters. The predicted molar refractivity (Wildman–Crippen MR) is 86.3 cm³/mol. The number of hydrogen-bond donors (Lipinski definition) is 2. The molecule has 0 spiro atoms. The SMILES string of the molecule is CCCNC1(C(N)=O)CCCC1CCSc1ccoc1C. The van der Waals surface area contributed by atoms with Crippen molar-refractivity contribution in [2.45, 2.75) is 56.4 Å². The van der Waals surface area contributed by atoms with Gasteiger partial charge in [0.2, 0.25) is 5.91 Å². The first-order valence-electron chi connectivity index (χ1n) is 7.82. The van der Waals surface area contributed by atoms with E-state index >= 15 is 0 Å². The minimum atomic E-state index is -0.484. The van der Waals surface area contributed by atoms with E-state index in [0.717, 1.165) is 50.2 Å². The quantitative estimate of drug-likeness (QED) is 0.724. The Kier molecular flexibility index (Phi) is 5.76. The minimum absolute atomic E-state index is 0.178. The highest BCUT2D eigenvalue weighted by molar-refractivity contribution is 7.99. The smallest absolute Gasteiger partial charge is 0.238 e. The van der Waals surface area contributed by atoms with Crippen molar-refractivity contribution >= 4 is 17.7 Å². The van der Waals surface area contributed by atoms with Crippen molar-refractivity contribution in [2.24, 2.45) is 11.7 Å². The molecule has 0 aromatic carbocycles. The Bertz CT molecular complexity index is 475. The number of rotatable bonds is 8. The molecule has 3 N–H and O–H groups in total. The lowest BCUT2D eigenvalue weighted by molar-refractivity contribution is -0.126. The number of primary amides is 1. The molecule has 1 aliphatic carbocycles. The molecule has 4 nitrogen and oxygen atoms in total. The van der Waals surface area contributed by atoms with E-state index in [0.29, 0.717) is 5.92 Å². The van der Waals surface area contributed by atoms with Gasteiger partial charge in [-0.05, 0) is 56.9 Å². The molecule has 0 bridgehead atoms. The van der Waals surface area contributed by atoms with Crippen LogP contribution in [0.3, 0.4) is 0 Å². The van der Waals surface area contributed by atoms with Gasteiger partial charge in [0.1, 0.15) is 11.3 Å². The molecule has 1 saturated carbocycles. The van der Waals surface area contributed by atoms with Crippen LogP contribution < -0.4 is 11.1 Å². The van der Waals surface area contributed by atoms with Crippen molar-refractivity contribution in [1.29, 1.82) is 0 Å². The van der Waals surface area contributed by atoms with Crippen LogP contribution in [0.4, 0.5) is 0 Å². The monoisotopic (exact) mass is 310 g/mol. The largest absolute Gasteiger partial charge is 0.468 e. The number of amides is 1. The first kappa shape index (κ1) is 16.4. The molecule has 1 fully saturated rings. The van der Waals surface area contributed by atoms with Gasteiger partial charge >= 0.3 is 0 Å². The van der Waals surface area contributed by atoms with Crippen LogP contribution in [0.15, 0.2) is 21.6 Å². The van der Waals surface area contributed by atoms with Crippen LogP contribution in [-0.2, 0) is 4.79 Å². The summed E-state index contributed by atoms with van der Waals surface area (Å²) in [5.74, 6) is 2.13. The van der Waals surface area contributed by atoms with Crippen LogP contribution >= 0.6 is 11.8 Å². The van der Waals surface area contributed by atoms with Crippen LogP contribution in [0.25, 0.3) is 0 Å². The van der Waals surface area contributed by atoms with Crippen molar-refractivity contribution in [2.75, 3.05) is 12.3 Å². The lowest BCUT2D eigenvalue weighted by atomic mass is 9.84. The van der Waals surface area contributed by atoms with E-state index in [2.05, 4.69) is 12.2 Å². The van der Waals surface area contributed by atoms with Gasteiger partial charge in [-0.15, -0.1) is 11.8 Å². The van der Waals surface area contributed by atoms with Gasteiger partial charge in [0.05, 0.1) is 6.26 Å². The molecule has 1 aliphatic rings. The van der Waals surface area contributed by atoms with Crippen LogP contribution in [0.5, 0.6) is 0 Å². The van der Waals surface area contributed by atoms with E-state index in [1.165, 1.54) is 4.90 Å². The molecule has 2 rings (SSSR count). The van der Waals surface area contributed by atoms with Crippen molar-refractivity contribution in [3.8, 4) is 0 Å². The van der Waals surface area contributed by atoms with Gasteiger partial charge in [-0.25, -0.2) is 0 Å². The van der Waals surface area contributed by atoms with E-state index < -0.39 is 5.54 Å². The van der Waals surface area contributed by atoms with Gasteiger partial charge in [0.25, 0.3) is 0 Å². The van der Waals surface area contributed by atoms with Crippen LogP contribution in [0, 0.1) is 12.8 Å². The lowest BCUT2D eigenvalue weighted by Crippen LogP contribution is -2.58. The second kappa shape index (κ2) is 7.36. The highest BCUT2D eigenvalue weighted by atomic mass is 32.2. The summed E-state index contributed by atoms with van der Waals surface area (Å²) < 4.78 is 5.31. The average molecular weight is 310 g/mol. The summed E-state index contributed by atoms with van der Waals surface area (Å²) in [7, 11) is 0. The molecule has 1 aromatic heterocycles. The predicted octanol–water partition coefficient (Wildman–Crippen LogP) is 3.09. The third kappa shape index (κ3) is 3.64. The number of thioether (sulfide) groups is 1. The molecule has 0 aliphatic heterocycles. The van der Waals surface area contributed by atoms with Crippen molar-refractivity contribution in [3.63, 3.8) is 0 Å². The summed E-state index contributed by atoms with van der Waals surface area (Å²) in [6, 6.07) is 2.01. The van der Waals surface area contributed by atoms with E-state index in [1.807, 2.05) is 13.0 Å². The highest BCUT2D eigenvalue weighted by Gasteiger charge is 2.46. The zero-order valence-electron chi connectivity index (χ0n) is 13.0. The zero-order valence-corrected chi connectivity index (χ0v) is 13.8. The number of nitrogens with two attached hydrogens (primary N) is 1. The van der Waals surface area contributed by atoms with Crippen molar-refractivity contribution in [3.05, 3.63) is 18.1 Å². The fraction of sp³-hybridized carbons (Fsp3) is 0.688. The zero-order chi connectivity index (χ0) is 15.3. The molecule has 118 valence electrons. The first-order valence-corrected chi connectivity index (χ1v) is 8.80. The van der Waals surface area contributed by atoms with Crippen LogP contribution in [0.1, 0.15) is 44.8 Å². The maximum Gasteiger partial charge on any atom is 0.238 e. The number of aryl methyl sites for hydroxylation is 1. The van der Waals surface area contributed by atoms with Crippen molar-refractivity contribution in [1.82, 2.24) is 5.32 Å². The Morgan fingerprint density at radius 3 is 3.05 bits per heavy atom. The Balaban J connectivity index is 1.93. The fourth-order valence-corrected chi connectivity index (χ4v) is 4.32. The molecule has 1 aromatic rings. The number of nitrogens with one attached hydrogen (secondary N) is 1. The number of carbonyl (C=O) groups is 1.